The molecule has 0 spiro atoms. The standard InChI is InChI=1S/C27H32N2O2/c1-28-19-23(18-20-8-6-5-7-9-20)29(2)27(22-12-16-25(31-4)17-13-22)26(28)21-10-14-24(30-3)15-11-21/h5-17,23,26-27H,18-19H2,1-4H3. The van der Waals surface area contributed by atoms with E-state index >= 15 is 0 Å². The number of ether oxygens (including phenoxy) is 2. The Bertz CT molecular complexity index is 957. The van der Waals surface area contributed by atoms with E-state index in [1.54, 1.807) is 14.2 Å². The van der Waals surface area contributed by atoms with Crippen molar-refractivity contribution in [2.45, 2.75) is 24.5 Å². The topological polar surface area (TPSA) is 24.9 Å². The van der Waals surface area contributed by atoms with Gasteiger partial charge in [-0.05, 0) is 61.5 Å². The molecule has 0 saturated carbocycles. The van der Waals surface area contributed by atoms with Crippen LogP contribution in [0.1, 0.15) is 28.8 Å². The predicted molar refractivity (Wildman–Crippen MR) is 126 cm³/mol. The summed E-state index contributed by atoms with van der Waals surface area (Å²) in [6.07, 6.45) is 1.03. The fourth-order valence-electron chi connectivity index (χ4n) is 4.82. The van der Waals surface area contributed by atoms with Crippen molar-refractivity contribution in [2.75, 3.05) is 34.9 Å². The molecule has 162 valence electrons. The van der Waals surface area contributed by atoms with Gasteiger partial charge in [0.2, 0.25) is 0 Å². The minimum absolute atomic E-state index is 0.228. The van der Waals surface area contributed by atoms with Crippen molar-refractivity contribution in [3.8, 4) is 11.5 Å². The van der Waals surface area contributed by atoms with Gasteiger partial charge >= 0.3 is 0 Å². The minimum Gasteiger partial charge on any atom is -0.497 e. The van der Waals surface area contributed by atoms with E-state index in [-0.39, 0.29) is 12.1 Å². The van der Waals surface area contributed by atoms with Crippen LogP contribution in [0.5, 0.6) is 11.5 Å². The molecule has 31 heavy (non-hydrogen) atoms. The summed E-state index contributed by atoms with van der Waals surface area (Å²) in [7, 11) is 7.94. The van der Waals surface area contributed by atoms with Crippen LogP contribution in [0.15, 0.2) is 78.9 Å². The number of methoxy groups -OCH3 is 2. The zero-order valence-corrected chi connectivity index (χ0v) is 18.9. The predicted octanol–water partition coefficient (Wildman–Crippen LogP) is 4.97. The van der Waals surface area contributed by atoms with Crippen molar-refractivity contribution in [3.63, 3.8) is 0 Å². The number of benzene rings is 3. The lowest BCUT2D eigenvalue weighted by Gasteiger charge is -2.50. The minimum atomic E-state index is 0.228. The van der Waals surface area contributed by atoms with Crippen LogP contribution < -0.4 is 9.47 Å². The number of hydrogen-bond acceptors (Lipinski definition) is 4. The maximum atomic E-state index is 5.40. The van der Waals surface area contributed by atoms with Gasteiger partial charge in [-0.2, -0.15) is 0 Å². The number of nitrogens with zero attached hydrogens (tertiary/aromatic N) is 2. The maximum absolute atomic E-state index is 5.40. The number of likely N-dealkylation sites (N-methyl/N-ethyl adjacent to an activating group) is 2. The van der Waals surface area contributed by atoms with E-state index in [0.29, 0.717) is 6.04 Å². The van der Waals surface area contributed by atoms with E-state index in [0.717, 1.165) is 24.5 Å². The second-order valence-electron chi connectivity index (χ2n) is 8.38. The molecule has 0 aromatic heterocycles. The van der Waals surface area contributed by atoms with Gasteiger partial charge in [0.15, 0.2) is 0 Å². The van der Waals surface area contributed by atoms with E-state index in [9.17, 15) is 0 Å². The Morgan fingerprint density at radius 2 is 1.23 bits per heavy atom. The molecular weight excluding hydrogens is 384 g/mol. The highest BCUT2D eigenvalue weighted by molar-refractivity contribution is 5.35. The lowest BCUT2D eigenvalue weighted by atomic mass is 9.86. The van der Waals surface area contributed by atoms with Crippen molar-refractivity contribution in [1.82, 2.24) is 9.80 Å². The smallest absolute Gasteiger partial charge is 0.118 e. The van der Waals surface area contributed by atoms with Crippen LogP contribution in [0, 0.1) is 0 Å². The zero-order valence-electron chi connectivity index (χ0n) is 18.9. The number of hydrogen-bond donors (Lipinski definition) is 0. The van der Waals surface area contributed by atoms with Gasteiger partial charge in [-0.3, -0.25) is 9.80 Å². The van der Waals surface area contributed by atoms with Gasteiger partial charge < -0.3 is 9.47 Å². The zero-order chi connectivity index (χ0) is 21.8. The molecule has 0 radical (unpaired) electrons. The third-order valence-corrected chi connectivity index (χ3v) is 6.52. The lowest BCUT2D eigenvalue weighted by Crippen LogP contribution is -2.54. The van der Waals surface area contributed by atoms with Crippen LogP contribution in [0.3, 0.4) is 0 Å². The molecule has 1 aliphatic heterocycles. The van der Waals surface area contributed by atoms with E-state index in [4.69, 9.17) is 9.47 Å². The second-order valence-corrected chi connectivity index (χ2v) is 8.38. The van der Waals surface area contributed by atoms with E-state index < -0.39 is 0 Å². The molecular formula is C27H32N2O2. The van der Waals surface area contributed by atoms with Crippen molar-refractivity contribution >= 4 is 0 Å². The first-order valence-corrected chi connectivity index (χ1v) is 10.8. The van der Waals surface area contributed by atoms with Gasteiger partial charge in [-0.1, -0.05) is 54.6 Å². The Morgan fingerprint density at radius 3 is 1.74 bits per heavy atom. The Kier molecular flexibility index (Phi) is 6.59. The number of piperazine rings is 1. The summed E-state index contributed by atoms with van der Waals surface area (Å²) in [5.41, 5.74) is 3.98. The third kappa shape index (κ3) is 4.60. The summed E-state index contributed by atoms with van der Waals surface area (Å²) in [4.78, 5) is 5.06. The van der Waals surface area contributed by atoms with Gasteiger partial charge in [-0.15, -0.1) is 0 Å². The Morgan fingerprint density at radius 1 is 0.710 bits per heavy atom. The molecule has 3 aromatic rings. The first-order valence-electron chi connectivity index (χ1n) is 10.8. The molecule has 4 rings (SSSR count). The molecule has 1 aliphatic rings. The average Bonchev–Trinajstić information content (AvgIpc) is 2.82. The van der Waals surface area contributed by atoms with E-state index in [1.807, 2.05) is 0 Å². The van der Waals surface area contributed by atoms with E-state index in [1.165, 1.54) is 16.7 Å². The quantitative estimate of drug-likeness (QED) is 0.566. The van der Waals surface area contributed by atoms with Gasteiger partial charge in [0.25, 0.3) is 0 Å². The Balaban J connectivity index is 1.70. The van der Waals surface area contributed by atoms with Gasteiger partial charge in [-0.25, -0.2) is 0 Å². The molecule has 4 heteroatoms. The summed E-state index contributed by atoms with van der Waals surface area (Å²) in [5, 5.41) is 0. The van der Waals surface area contributed by atoms with Crippen LogP contribution >= 0.6 is 0 Å². The first kappa shape index (κ1) is 21.4. The second kappa shape index (κ2) is 9.54. The van der Waals surface area contributed by atoms with Gasteiger partial charge in [0.1, 0.15) is 11.5 Å². The summed E-state index contributed by atoms with van der Waals surface area (Å²) in [6.45, 7) is 1.01. The fraction of sp³-hybridized carbons (Fsp3) is 0.333. The average molecular weight is 417 g/mol. The highest BCUT2D eigenvalue weighted by atomic mass is 16.5. The highest BCUT2D eigenvalue weighted by Gasteiger charge is 2.40. The molecule has 4 nitrogen and oxygen atoms in total. The van der Waals surface area contributed by atoms with Crippen molar-refractivity contribution < 1.29 is 9.47 Å². The Labute approximate surface area is 186 Å². The molecule has 0 N–H and O–H groups in total. The molecule has 1 heterocycles. The maximum Gasteiger partial charge on any atom is 0.118 e. The SMILES string of the molecule is COc1ccc(C2C(c3ccc(OC)cc3)N(C)C(Cc3ccccc3)CN2C)cc1. The van der Waals surface area contributed by atoms with Crippen molar-refractivity contribution in [3.05, 3.63) is 95.6 Å². The first-order chi connectivity index (χ1) is 15.1. The lowest BCUT2D eigenvalue weighted by molar-refractivity contribution is 0.00507. The monoisotopic (exact) mass is 416 g/mol. The molecule has 1 saturated heterocycles. The molecule has 0 amide bonds. The summed E-state index contributed by atoms with van der Waals surface area (Å²) in [6, 6.07) is 28.7. The molecule has 3 atom stereocenters. The Hall–Kier alpha value is -2.82. The molecule has 0 aliphatic carbocycles. The van der Waals surface area contributed by atoms with Gasteiger partial charge in [0.05, 0.1) is 26.3 Å². The molecule has 3 aromatic carbocycles. The van der Waals surface area contributed by atoms with Crippen LogP contribution in [0.25, 0.3) is 0 Å². The molecule has 1 fully saturated rings. The highest BCUT2D eigenvalue weighted by Crippen LogP contribution is 2.43. The largest absolute Gasteiger partial charge is 0.497 e. The van der Waals surface area contributed by atoms with Crippen LogP contribution in [0.4, 0.5) is 0 Å². The van der Waals surface area contributed by atoms with Crippen LogP contribution in [0.2, 0.25) is 0 Å². The van der Waals surface area contributed by atoms with Crippen molar-refractivity contribution in [1.29, 1.82) is 0 Å². The van der Waals surface area contributed by atoms with Gasteiger partial charge in [0, 0.05) is 12.6 Å². The molecule has 0 bridgehead atoms. The normalized spacial score (nSPS) is 22.3. The summed E-state index contributed by atoms with van der Waals surface area (Å²) < 4.78 is 10.8. The van der Waals surface area contributed by atoms with Crippen LogP contribution in [-0.4, -0.2) is 50.7 Å². The number of rotatable bonds is 6. The molecule has 3 unspecified atom stereocenters. The van der Waals surface area contributed by atoms with E-state index in [2.05, 4.69) is 103 Å². The summed E-state index contributed by atoms with van der Waals surface area (Å²) in [5.74, 6) is 1.77. The third-order valence-electron chi connectivity index (χ3n) is 6.52. The van der Waals surface area contributed by atoms with Crippen molar-refractivity contribution in [2.24, 2.45) is 0 Å². The fourth-order valence-corrected chi connectivity index (χ4v) is 4.82. The summed E-state index contributed by atoms with van der Waals surface area (Å²) >= 11 is 0. The van der Waals surface area contributed by atoms with Crippen LogP contribution in [-0.2, 0) is 6.42 Å².